The summed E-state index contributed by atoms with van der Waals surface area (Å²) < 4.78 is 10.8. The van der Waals surface area contributed by atoms with E-state index in [0.29, 0.717) is 12.8 Å². The number of anilines is 1. The van der Waals surface area contributed by atoms with Gasteiger partial charge in [-0.15, -0.1) is 0 Å². The van der Waals surface area contributed by atoms with Gasteiger partial charge in [-0.2, -0.15) is 0 Å². The van der Waals surface area contributed by atoms with Crippen LogP contribution in [0.3, 0.4) is 0 Å². The van der Waals surface area contributed by atoms with E-state index >= 15 is 0 Å². The molecule has 5 heteroatoms. The van der Waals surface area contributed by atoms with Crippen molar-refractivity contribution in [3.8, 4) is 5.75 Å². The largest absolute Gasteiger partial charge is 0.490 e. The molecular weight excluding hydrogens is 268 g/mol. The Bertz CT molecular complexity index is 504. The molecule has 0 radical (unpaired) electrons. The SMILES string of the molecule is COC(=O)C1(N)CCCC(Oc2cccc(N(C)C)c2)C1. The fourth-order valence-electron chi connectivity index (χ4n) is 2.77. The Kier molecular flexibility index (Phi) is 4.73. The number of methoxy groups -OCH3 is 1. The van der Waals surface area contributed by atoms with E-state index in [4.69, 9.17) is 15.2 Å². The Morgan fingerprint density at radius 2 is 2.19 bits per heavy atom. The number of hydrogen-bond donors (Lipinski definition) is 1. The molecule has 2 N–H and O–H groups in total. The molecule has 1 aromatic rings. The zero-order valence-corrected chi connectivity index (χ0v) is 13.0. The van der Waals surface area contributed by atoms with Crippen molar-refractivity contribution < 1.29 is 14.3 Å². The first-order valence-electron chi connectivity index (χ1n) is 7.26. The van der Waals surface area contributed by atoms with Gasteiger partial charge >= 0.3 is 5.97 Å². The molecule has 0 heterocycles. The van der Waals surface area contributed by atoms with Crippen LogP contribution in [0.5, 0.6) is 5.75 Å². The highest BCUT2D eigenvalue weighted by Crippen LogP contribution is 2.31. The van der Waals surface area contributed by atoms with Gasteiger partial charge in [-0.3, -0.25) is 4.79 Å². The summed E-state index contributed by atoms with van der Waals surface area (Å²) in [6.07, 6.45) is 2.86. The number of esters is 1. The molecule has 1 aromatic carbocycles. The Labute approximate surface area is 126 Å². The summed E-state index contributed by atoms with van der Waals surface area (Å²) in [4.78, 5) is 13.8. The van der Waals surface area contributed by atoms with Gasteiger partial charge in [0.05, 0.1) is 7.11 Å². The van der Waals surface area contributed by atoms with E-state index in [2.05, 4.69) is 0 Å². The maximum atomic E-state index is 11.8. The molecule has 0 bridgehead atoms. The number of rotatable bonds is 4. The monoisotopic (exact) mass is 292 g/mol. The van der Waals surface area contributed by atoms with Crippen LogP contribution >= 0.6 is 0 Å². The van der Waals surface area contributed by atoms with Gasteiger partial charge in [-0.25, -0.2) is 0 Å². The van der Waals surface area contributed by atoms with Crippen molar-refractivity contribution in [3.63, 3.8) is 0 Å². The predicted molar refractivity (Wildman–Crippen MR) is 82.6 cm³/mol. The molecule has 5 nitrogen and oxygen atoms in total. The molecule has 0 saturated heterocycles. The van der Waals surface area contributed by atoms with Crippen LogP contribution in [0.15, 0.2) is 24.3 Å². The standard InChI is InChI=1S/C16H24N2O3/c1-18(2)12-6-4-7-13(10-12)21-14-8-5-9-16(17,11-14)15(19)20-3/h4,6-7,10,14H,5,8-9,11,17H2,1-3H3. The van der Waals surface area contributed by atoms with Gasteiger partial charge in [-0.05, 0) is 31.4 Å². The maximum Gasteiger partial charge on any atom is 0.325 e. The van der Waals surface area contributed by atoms with E-state index in [1.165, 1.54) is 7.11 Å². The molecule has 2 unspecified atom stereocenters. The molecule has 2 rings (SSSR count). The molecule has 0 aromatic heterocycles. The molecule has 0 amide bonds. The average Bonchev–Trinajstić information content (AvgIpc) is 2.46. The molecule has 0 aliphatic heterocycles. The van der Waals surface area contributed by atoms with Gasteiger partial charge < -0.3 is 20.1 Å². The number of carbonyl (C=O) groups is 1. The molecular formula is C16H24N2O3. The van der Waals surface area contributed by atoms with Crippen molar-refractivity contribution in [2.45, 2.75) is 37.3 Å². The van der Waals surface area contributed by atoms with Crippen LogP contribution in [-0.4, -0.2) is 38.8 Å². The average molecular weight is 292 g/mol. The normalized spacial score (nSPS) is 25.2. The van der Waals surface area contributed by atoms with Crippen molar-refractivity contribution in [1.82, 2.24) is 0 Å². The zero-order valence-electron chi connectivity index (χ0n) is 13.0. The Morgan fingerprint density at radius 1 is 1.43 bits per heavy atom. The minimum atomic E-state index is -0.920. The van der Waals surface area contributed by atoms with E-state index in [-0.39, 0.29) is 12.1 Å². The molecule has 1 fully saturated rings. The number of hydrogen-bond acceptors (Lipinski definition) is 5. The first-order chi connectivity index (χ1) is 9.94. The summed E-state index contributed by atoms with van der Waals surface area (Å²) in [7, 11) is 5.35. The van der Waals surface area contributed by atoms with Crippen LogP contribution in [0.1, 0.15) is 25.7 Å². The fraction of sp³-hybridized carbons (Fsp3) is 0.562. The smallest absolute Gasteiger partial charge is 0.325 e. The van der Waals surface area contributed by atoms with E-state index in [0.717, 1.165) is 24.3 Å². The lowest BCUT2D eigenvalue weighted by Gasteiger charge is -2.35. The van der Waals surface area contributed by atoms with Crippen molar-refractivity contribution >= 4 is 11.7 Å². The molecule has 116 valence electrons. The highest BCUT2D eigenvalue weighted by Gasteiger charge is 2.41. The van der Waals surface area contributed by atoms with Crippen LogP contribution in [0.2, 0.25) is 0 Å². The van der Waals surface area contributed by atoms with Gasteiger partial charge in [0.2, 0.25) is 0 Å². The van der Waals surface area contributed by atoms with E-state index in [1.807, 2.05) is 43.3 Å². The van der Waals surface area contributed by atoms with Crippen molar-refractivity contribution in [1.29, 1.82) is 0 Å². The second-order valence-electron chi connectivity index (χ2n) is 5.88. The summed E-state index contributed by atoms with van der Waals surface area (Å²) in [5, 5.41) is 0. The van der Waals surface area contributed by atoms with Crippen LogP contribution in [0.4, 0.5) is 5.69 Å². The topological polar surface area (TPSA) is 64.8 Å². The van der Waals surface area contributed by atoms with Crippen molar-refractivity contribution in [2.24, 2.45) is 5.73 Å². The Hall–Kier alpha value is -1.75. The third-order valence-corrected chi connectivity index (χ3v) is 3.97. The quantitative estimate of drug-likeness (QED) is 0.859. The van der Waals surface area contributed by atoms with Crippen LogP contribution < -0.4 is 15.4 Å². The molecule has 2 atom stereocenters. The van der Waals surface area contributed by atoms with Gasteiger partial charge in [0.25, 0.3) is 0 Å². The van der Waals surface area contributed by atoms with Crippen LogP contribution in [-0.2, 0) is 9.53 Å². The van der Waals surface area contributed by atoms with Crippen molar-refractivity contribution in [2.75, 3.05) is 26.1 Å². The van der Waals surface area contributed by atoms with Crippen molar-refractivity contribution in [3.05, 3.63) is 24.3 Å². The minimum absolute atomic E-state index is 0.0553. The number of nitrogens with two attached hydrogens (primary N) is 1. The number of benzene rings is 1. The summed E-state index contributed by atoms with van der Waals surface area (Å²) >= 11 is 0. The van der Waals surface area contributed by atoms with Crippen LogP contribution in [0.25, 0.3) is 0 Å². The van der Waals surface area contributed by atoms with Gasteiger partial charge in [0.15, 0.2) is 0 Å². The molecule has 0 spiro atoms. The van der Waals surface area contributed by atoms with Gasteiger partial charge in [0.1, 0.15) is 17.4 Å². The lowest BCUT2D eigenvalue weighted by Crippen LogP contribution is -2.54. The second-order valence-corrected chi connectivity index (χ2v) is 5.88. The van der Waals surface area contributed by atoms with Gasteiger partial charge in [0, 0.05) is 32.3 Å². The molecule has 1 aliphatic rings. The summed E-state index contributed by atoms with van der Waals surface area (Å²) in [5.74, 6) is 0.457. The van der Waals surface area contributed by atoms with E-state index in [1.54, 1.807) is 0 Å². The number of nitrogens with zero attached hydrogens (tertiary/aromatic N) is 1. The molecule has 1 aliphatic carbocycles. The lowest BCUT2D eigenvalue weighted by molar-refractivity contribution is -0.149. The first kappa shape index (κ1) is 15.6. The van der Waals surface area contributed by atoms with Crippen LogP contribution in [0, 0.1) is 0 Å². The second kappa shape index (κ2) is 6.35. The summed E-state index contributed by atoms with van der Waals surface area (Å²) in [6, 6.07) is 7.90. The fourth-order valence-corrected chi connectivity index (χ4v) is 2.77. The lowest BCUT2D eigenvalue weighted by atomic mass is 9.81. The third kappa shape index (κ3) is 3.67. The van der Waals surface area contributed by atoms with Gasteiger partial charge in [-0.1, -0.05) is 6.07 Å². The predicted octanol–water partition coefficient (Wildman–Crippen LogP) is 1.94. The summed E-state index contributed by atoms with van der Waals surface area (Å²) in [6.45, 7) is 0. The first-order valence-corrected chi connectivity index (χ1v) is 7.26. The van der Waals surface area contributed by atoms with E-state index in [9.17, 15) is 4.79 Å². The highest BCUT2D eigenvalue weighted by atomic mass is 16.5. The van der Waals surface area contributed by atoms with E-state index < -0.39 is 5.54 Å². The molecule has 1 saturated carbocycles. The molecule has 21 heavy (non-hydrogen) atoms. The number of carbonyl (C=O) groups excluding carboxylic acids is 1. The Morgan fingerprint density at radius 3 is 2.86 bits per heavy atom. The number of ether oxygens (including phenoxy) is 2. The maximum absolute atomic E-state index is 11.8. The summed E-state index contributed by atoms with van der Waals surface area (Å²) in [5.41, 5.74) is 6.33. The zero-order chi connectivity index (χ0) is 15.5. The highest BCUT2D eigenvalue weighted by molar-refractivity contribution is 5.80. The Balaban J connectivity index is 2.06. The third-order valence-electron chi connectivity index (χ3n) is 3.97. The minimum Gasteiger partial charge on any atom is -0.490 e.